The standard InChI is InChI=1S/C15H26N2O4/c1-4-12-10-21-11(3)9-16(12)14(20)17-8-6-7-15(17,5-2)13(18)19/h11-12H,4-10H2,1-3H3,(H,18,19). The van der Waals surface area contributed by atoms with E-state index >= 15 is 0 Å². The Balaban J connectivity index is 2.22. The first-order chi connectivity index (χ1) is 9.96. The van der Waals surface area contributed by atoms with Gasteiger partial charge in [0.1, 0.15) is 5.54 Å². The van der Waals surface area contributed by atoms with E-state index in [0.29, 0.717) is 32.5 Å². The molecular weight excluding hydrogens is 272 g/mol. The Morgan fingerprint density at radius 1 is 1.38 bits per heavy atom. The van der Waals surface area contributed by atoms with Gasteiger partial charge in [0.2, 0.25) is 0 Å². The van der Waals surface area contributed by atoms with Crippen molar-refractivity contribution in [3.63, 3.8) is 0 Å². The van der Waals surface area contributed by atoms with Crippen LogP contribution in [-0.2, 0) is 9.53 Å². The highest BCUT2D eigenvalue weighted by Gasteiger charge is 2.50. The topological polar surface area (TPSA) is 70.1 Å². The molecule has 21 heavy (non-hydrogen) atoms. The summed E-state index contributed by atoms with van der Waals surface area (Å²) < 4.78 is 5.62. The fourth-order valence-corrected chi connectivity index (χ4v) is 3.47. The van der Waals surface area contributed by atoms with Crippen molar-refractivity contribution in [3.05, 3.63) is 0 Å². The van der Waals surface area contributed by atoms with E-state index in [1.807, 2.05) is 25.7 Å². The van der Waals surface area contributed by atoms with Crippen molar-refractivity contribution < 1.29 is 19.4 Å². The van der Waals surface area contributed by atoms with E-state index in [1.54, 1.807) is 4.90 Å². The van der Waals surface area contributed by atoms with Crippen LogP contribution < -0.4 is 0 Å². The summed E-state index contributed by atoms with van der Waals surface area (Å²) in [6.45, 7) is 7.41. The van der Waals surface area contributed by atoms with Gasteiger partial charge in [-0.25, -0.2) is 9.59 Å². The van der Waals surface area contributed by atoms with Crippen LogP contribution in [-0.4, -0.2) is 64.3 Å². The minimum atomic E-state index is -1.03. The van der Waals surface area contributed by atoms with Gasteiger partial charge in [-0.15, -0.1) is 0 Å². The maximum atomic E-state index is 12.9. The fraction of sp³-hybridized carbons (Fsp3) is 0.867. The summed E-state index contributed by atoms with van der Waals surface area (Å²) in [6.07, 6.45) is 2.56. The quantitative estimate of drug-likeness (QED) is 0.864. The molecule has 0 spiro atoms. The first kappa shape index (κ1) is 16.1. The molecule has 120 valence electrons. The van der Waals surface area contributed by atoms with Crippen molar-refractivity contribution in [3.8, 4) is 0 Å². The predicted octanol–water partition coefficient (Wildman–Crippen LogP) is 1.93. The SMILES string of the molecule is CCC1COC(C)CN1C(=O)N1CCCC1(CC)C(=O)O. The zero-order valence-electron chi connectivity index (χ0n) is 13.2. The third-order valence-electron chi connectivity index (χ3n) is 4.89. The Labute approximate surface area is 126 Å². The molecule has 0 bridgehead atoms. The van der Waals surface area contributed by atoms with Gasteiger partial charge in [0.15, 0.2) is 0 Å². The second kappa shape index (κ2) is 6.22. The molecule has 0 aromatic carbocycles. The maximum Gasteiger partial charge on any atom is 0.329 e. The lowest BCUT2D eigenvalue weighted by atomic mass is 9.93. The van der Waals surface area contributed by atoms with Gasteiger partial charge in [-0.3, -0.25) is 0 Å². The number of aliphatic carboxylic acids is 1. The van der Waals surface area contributed by atoms with E-state index in [4.69, 9.17) is 4.74 Å². The van der Waals surface area contributed by atoms with E-state index in [9.17, 15) is 14.7 Å². The highest BCUT2D eigenvalue weighted by Crippen LogP contribution is 2.34. The Hall–Kier alpha value is -1.30. The van der Waals surface area contributed by atoms with Crippen LogP contribution in [0, 0.1) is 0 Å². The molecular formula is C15H26N2O4. The van der Waals surface area contributed by atoms with Gasteiger partial charge in [-0.2, -0.15) is 0 Å². The number of urea groups is 1. The lowest BCUT2D eigenvalue weighted by Gasteiger charge is -2.43. The van der Waals surface area contributed by atoms with Crippen LogP contribution in [0.1, 0.15) is 46.5 Å². The summed E-state index contributed by atoms with van der Waals surface area (Å²) in [6, 6.07) is -0.101. The average Bonchev–Trinajstić information content (AvgIpc) is 2.91. The second-order valence-electron chi connectivity index (χ2n) is 6.09. The lowest BCUT2D eigenvalue weighted by Crippen LogP contribution is -2.61. The predicted molar refractivity (Wildman–Crippen MR) is 78.2 cm³/mol. The van der Waals surface area contributed by atoms with Crippen molar-refractivity contribution in [1.29, 1.82) is 0 Å². The molecule has 2 aliphatic rings. The first-order valence-electron chi connectivity index (χ1n) is 7.89. The minimum absolute atomic E-state index is 0.000192. The van der Waals surface area contributed by atoms with Gasteiger partial charge in [0.25, 0.3) is 0 Å². The number of carboxylic acids is 1. The molecule has 6 nitrogen and oxygen atoms in total. The number of carboxylic acid groups (broad SMARTS) is 1. The molecule has 2 fully saturated rings. The van der Waals surface area contributed by atoms with Crippen molar-refractivity contribution in [1.82, 2.24) is 9.80 Å². The number of ether oxygens (including phenoxy) is 1. The number of rotatable bonds is 3. The number of likely N-dealkylation sites (tertiary alicyclic amines) is 1. The molecule has 3 atom stereocenters. The Bertz CT molecular complexity index is 414. The van der Waals surface area contributed by atoms with Crippen molar-refractivity contribution in [2.75, 3.05) is 19.7 Å². The molecule has 0 aromatic heterocycles. The van der Waals surface area contributed by atoms with Crippen LogP contribution in [0.2, 0.25) is 0 Å². The molecule has 2 amide bonds. The van der Waals surface area contributed by atoms with Crippen LogP contribution in [0.3, 0.4) is 0 Å². The minimum Gasteiger partial charge on any atom is -0.479 e. The fourth-order valence-electron chi connectivity index (χ4n) is 3.47. The van der Waals surface area contributed by atoms with Gasteiger partial charge in [-0.1, -0.05) is 13.8 Å². The maximum absolute atomic E-state index is 12.9. The third kappa shape index (κ3) is 2.73. The molecule has 1 N–H and O–H groups in total. The molecule has 0 saturated carbocycles. The molecule has 0 aliphatic carbocycles. The first-order valence-corrected chi connectivity index (χ1v) is 7.89. The molecule has 2 aliphatic heterocycles. The van der Waals surface area contributed by atoms with Gasteiger partial charge < -0.3 is 19.6 Å². The third-order valence-corrected chi connectivity index (χ3v) is 4.89. The number of hydrogen-bond acceptors (Lipinski definition) is 3. The Morgan fingerprint density at radius 2 is 2.10 bits per heavy atom. The normalized spacial score (nSPS) is 33.3. The zero-order valence-corrected chi connectivity index (χ0v) is 13.2. The summed E-state index contributed by atoms with van der Waals surface area (Å²) in [7, 11) is 0. The second-order valence-corrected chi connectivity index (χ2v) is 6.09. The Kier molecular flexibility index (Phi) is 4.76. The van der Waals surface area contributed by atoms with E-state index in [0.717, 1.165) is 12.8 Å². The number of hydrogen-bond donors (Lipinski definition) is 1. The summed E-state index contributed by atoms with van der Waals surface area (Å²) in [5, 5.41) is 9.62. The van der Waals surface area contributed by atoms with Gasteiger partial charge in [-0.05, 0) is 32.6 Å². The van der Waals surface area contributed by atoms with E-state index in [2.05, 4.69) is 0 Å². The number of carbonyl (C=O) groups excluding carboxylic acids is 1. The molecule has 0 radical (unpaired) electrons. The van der Waals surface area contributed by atoms with Gasteiger partial charge in [0, 0.05) is 13.1 Å². The van der Waals surface area contributed by atoms with E-state index < -0.39 is 11.5 Å². The summed E-state index contributed by atoms with van der Waals surface area (Å²) in [4.78, 5) is 28.0. The highest BCUT2D eigenvalue weighted by atomic mass is 16.5. The van der Waals surface area contributed by atoms with E-state index in [-0.39, 0.29) is 18.2 Å². The van der Waals surface area contributed by atoms with E-state index in [1.165, 1.54) is 0 Å². The van der Waals surface area contributed by atoms with Crippen LogP contribution in [0.15, 0.2) is 0 Å². The van der Waals surface area contributed by atoms with Crippen LogP contribution in [0.25, 0.3) is 0 Å². The van der Waals surface area contributed by atoms with Crippen molar-refractivity contribution in [2.45, 2.75) is 64.1 Å². The molecule has 0 aromatic rings. The molecule has 3 unspecified atom stereocenters. The molecule has 2 saturated heterocycles. The smallest absolute Gasteiger partial charge is 0.329 e. The van der Waals surface area contributed by atoms with Crippen molar-refractivity contribution in [2.24, 2.45) is 0 Å². The van der Waals surface area contributed by atoms with Gasteiger partial charge >= 0.3 is 12.0 Å². The van der Waals surface area contributed by atoms with Crippen LogP contribution in [0.5, 0.6) is 0 Å². The van der Waals surface area contributed by atoms with Gasteiger partial charge in [0.05, 0.1) is 18.8 Å². The average molecular weight is 298 g/mol. The number of nitrogens with zero attached hydrogens (tertiary/aromatic N) is 2. The molecule has 6 heteroatoms. The number of carbonyl (C=O) groups is 2. The number of morpholine rings is 1. The van der Waals surface area contributed by atoms with Crippen LogP contribution >= 0.6 is 0 Å². The van der Waals surface area contributed by atoms with Crippen molar-refractivity contribution >= 4 is 12.0 Å². The lowest BCUT2D eigenvalue weighted by molar-refractivity contribution is -0.149. The van der Waals surface area contributed by atoms with Crippen LogP contribution in [0.4, 0.5) is 4.79 Å². The zero-order chi connectivity index (χ0) is 15.6. The number of amides is 2. The largest absolute Gasteiger partial charge is 0.479 e. The summed E-state index contributed by atoms with van der Waals surface area (Å²) in [5.41, 5.74) is -1.03. The summed E-state index contributed by atoms with van der Waals surface area (Å²) >= 11 is 0. The molecule has 2 rings (SSSR count). The Morgan fingerprint density at radius 3 is 2.67 bits per heavy atom. The summed E-state index contributed by atoms with van der Waals surface area (Å²) in [5.74, 6) is -0.884. The monoisotopic (exact) mass is 298 g/mol. The molecule has 2 heterocycles. The highest BCUT2D eigenvalue weighted by molar-refractivity contribution is 5.87.